The van der Waals surface area contributed by atoms with Gasteiger partial charge in [-0.2, -0.15) is 0 Å². The van der Waals surface area contributed by atoms with Gasteiger partial charge in [-0.3, -0.25) is 9.69 Å². The van der Waals surface area contributed by atoms with Gasteiger partial charge in [0.1, 0.15) is 11.9 Å². The quantitative estimate of drug-likeness (QED) is 0.690. The van der Waals surface area contributed by atoms with Gasteiger partial charge in [0, 0.05) is 6.54 Å². The lowest BCUT2D eigenvalue weighted by Gasteiger charge is -2.29. The van der Waals surface area contributed by atoms with Crippen molar-refractivity contribution in [1.82, 2.24) is 9.80 Å². The highest BCUT2D eigenvalue weighted by Gasteiger charge is 2.36. The zero-order chi connectivity index (χ0) is 22.1. The van der Waals surface area contributed by atoms with E-state index in [0.717, 1.165) is 11.1 Å². The number of halogens is 3. The summed E-state index contributed by atoms with van der Waals surface area (Å²) >= 11 is 0. The first-order valence-corrected chi connectivity index (χ1v) is 9.89. The molecule has 0 radical (unpaired) electrons. The van der Waals surface area contributed by atoms with Crippen molar-refractivity contribution in [3.05, 3.63) is 65.2 Å². The number of nitrogens with zero attached hydrogens (tertiary/aromatic N) is 2. The molecule has 1 amide bonds. The van der Waals surface area contributed by atoms with Crippen molar-refractivity contribution in [3.63, 3.8) is 0 Å². The summed E-state index contributed by atoms with van der Waals surface area (Å²) in [6.07, 6.45) is -4.31. The van der Waals surface area contributed by atoms with Crippen LogP contribution in [0.25, 0.3) is 0 Å². The molecule has 0 saturated carbocycles. The third-order valence-electron chi connectivity index (χ3n) is 5.29. The van der Waals surface area contributed by atoms with Gasteiger partial charge in [-0.1, -0.05) is 57.2 Å². The lowest BCUT2D eigenvalue weighted by Crippen LogP contribution is -2.32. The summed E-state index contributed by atoms with van der Waals surface area (Å²) in [5, 5.41) is 0. The van der Waals surface area contributed by atoms with Crippen LogP contribution in [0, 0.1) is 0 Å². The van der Waals surface area contributed by atoms with E-state index in [1.807, 2.05) is 16.8 Å². The Morgan fingerprint density at radius 2 is 1.60 bits per heavy atom. The second kappa shape index (κ2) is 8.30. The Balaban J connectivity index is 1.70. The van der Waals surface area contributed by atoms with E-state index in [1.54, 1.807) is 12.1 Å². The maximum atomic E-state index is 12.6. The standard InChI is InChI=1S/C23H27F3N2O2/c1-22(2,3)18-9-7-17(8-10-18)21-27(4)15-20(29)28(21)14-13-16-5-11-19(12-6-16)30-23(24,25)26/h5-12,21H,13-15H2,1-4H3/t21-/m1/s1. The second-order valence-corrected chi connectivity index (χ2v) is 8.69. The molecule has 30 heavy (non-hydrogen) atoms. The number of benzene rings is 2. The number of likely N-dealkylation sites (N-methyl/N-ethyl adjacent to an activating group) is 1. The number of hydrogen-bond acceptors (Lipinski definition) is 3. The van der Waals surface area contributed by atoms with Crippen LogP contribution in [0.3, 0.4) is 0 Å². The molecule has 2 aromatic rings. The highest BCUT2D eigenvalue weighted by molar-refractivity contribution is 5.81. The van der Waals surface area contributed by atoms with Gasteiger partial charge in [-0.05, 0) is 47.7 Å². The van der Waals surface area contributed by atoms with Crippen LogP contribution in [0.2, 0.25) is 0 Å². The van der Waals surface area contributed by atoms with Gasteiger partial charge in [0.25, 0.3) is 0 Å². The Morgan fingerprint density at radius 3 is 2.13 bits per heavy atom. The molecule has 162 valence electrons. The molecule has 0 spiro atoms. The summed E-state index contributed by atoms with van der Waals surface area (Å²) in [4.78, 5) is 16.4. The van der Waals surface area contributed by atoms with Crippen LogP contribution < -0.4 is 4.74 Å². The Labute approximate surface area is 175 Å². The van der Waals surface area contributed by atoms with Crippen LogP contribution in [-0.4, -0.2) is 42.2 Å². The summed E-state index contributed by atoms with van der Waals surface area (Å²) in [6.45, 7) is 7.29. The van der Waals surface area contributed by atoms with E-state index >= 15 is 0 Å². The normalized spacial score (nSPS) is 18.2. The molecular weight excluding hydrogens is 393 g/mol. The summed E-state index contributed by atoms with van der Waals surface area (Å²) < 4.78 is 40.8. The smallest absolute Gasteiger partial charge is 0.406 e. The topological polar surface area (TPSA) is 32.8 Å². The van der Waals surface area contributed by atoms with Crippen molar-refractivity contribution in [2.75, 3.05) is 20.1 Å². The van der Waals surface area contributed by atoms with E-state index in [2.05, 4.69) is 49.8 Å². The van der Waals surface area contributed by atoms with Crippen molar-refractivity contribution >= 4 is 5.91 Å². The Morgan fingerprint density at radius 1 is 1.00 bits per heavy atom. The number of ether oxygens (including phenoxy) is 1. The summed E-state index contributed by atoms with van der Waals surface area (Å²) in [7, 11) is 1.92. The minimum atomic E-state index is -4.70. The van der Waals surface area contributed by atoms with E-state index in [4.69, 9.17) is 0 Å². The predicted octanol–water partition coefficient (Wildman–Crippen LogP) is 4.90. The van der Waals surface area contributed by atoms with Crippen molar-refractivity contribution < 1.29 is 22.7 Å². The molecule has 0 bridgehead atoms. The molecule has 2 aromatic carbocycles. The lowest BCUT2D eigenvalue weighted by molar-refractivity contribution is -0.274. The SMILES string of the molecule is CN1CC(=O)N(CCc2ccc(OC(F)(F)F)cc2)[C@@H]1c1ccc(C(C)(C)C)cc1. The molecule has 1 heterocycles. The molecule has 1 aliphatic heterocycles. The second-order valence-electron chi connectivity index (χ2n) is 8.69. The van der Waals surface area contributed by atoms with Gasteiger partial charge in [0.15, 0.2) is 0 Å². The first-order chi connectivity index (χ1) is 13.9. The number of amides is 1. The minimum absolute atomic E-state index is 0.0411. The van der Waals surface area contributed by atoms with Gasteiger partial charge < -0.3 is 9.64 Å². The fourth-order valence-corrected chi connectivity index (χ4v) is 3.71. The molecule has 0 aliphatic carbocycles. The van der Waals surface area contributed by atoms with Gasteiger partial charge in [0.05, 0.1) is 6.54 Å². The van der Waals surface area contributed by atoms with E-state index in [0.29, 0.717) is 19.5 Å². The van der Waals surface area contributed by atoms with Crippen LogP contribution in [-0.2, 0) is 16.6 Å². The Hall–Kier alpha value is -2.54. The van der Waals surface area contributed by atoms with Crippen LogP contribution in [0.5, 0.6) is 5.75 Å². The largest absolute Gasteiger partial charge is 0.573 e. The average Bonchev–Trinajstić information content (AvgIpc) is 2.92. The number of rotatable bonds is 5. The Bertz CT molecular complexity index is 871. The molecule has 1 aliphatic rings. The maximum absolute atomic E-state index is 12.6. The summed E-state index contributed by atoms with van der Waals surface area (Å²) in [5.41, 5.74) is 3.17. The zero-order valence-electron chi connectivity index (χ0n) is 17.7. The van der Waals surface area contributed by atoms with Crippen molar-refractivity contribution in [2.24, 2.45) is 0 Å². The minimum Gasteiger partial charge on any atom is -0.406 e. The lowest BCUT2D eigenvalue weighted by atomic mass is 9.86. The van der Waals surface area contributed by atoms with Gasteiger partial charge in [-0.25, -0.2) is 0 Å². The van der Waals surface area contributed by atoms with E-state index in [-0.39, 0.29) is 23.2 Å². The first-order valence-electron chi connectivity index (χ1n) is 9.89. The summed E-state index contributed by atoms with van der Waals surface area (Å²) in [5.74, 6) is -0.209. The van der Waals surface area contributed by atoms with Crippen molar-refractivity contribution in [3.8, 4) is 5.75 Å². The summed E-state index contributed by atoms with van der Waals surface area (Å²) in [6, 6.07) is 14.1. The molecular formula is C23H27F3N2O2. The van der Waals surface area contributed by atoms with E-state index in [1.165, 1.54) is 17.7 Å². The number of carbonyl (C=O) groups excluding carboxylic acids is 1. The van der Waals surface area contributed by atoms with Crippen molar-refractivity contribution in [1.29, 1.82) is 0 Å². The molecule has 4 nitrogen and oxygen atoms in total. The molecule has 0 aromatic heterocycles. The van der Waals surface area contributed by atoms with Crippen molar-refractivity contribution in [2.45, 2.75) is 45.1 Å². The zero-order valence-corrected chi connectivity index (χ0v) is 17.7. The number of hydrogen-bond donors (Lipinski definition) is 0. The monoisotopic (exact) mass is 420 g/mol. The molecule has 1 atom stereocenters. The number of carbonyl (C=O) groups is 1. The molecule has 0 N–H and O–H groups in total. The fraction of sp³-hybridized carbons (Fsp3) is 0.435. The average molecular weight is 420 g/mol. The van der Waals surface area contributed by atoms with Crippen LogP contribution in [0.1, 0.15) is 43.6 Å². The predicted molar refractivity (Wildman–Crippen MR) is 109 cm³/mol. The fourth-order valence-electron chi connectivity index (χ4n) is 3.71. The van der Waals surface area contributed by atoms with E-state index < -0.39 is 6.36 Å². The molecule has 1 fully saturated rings. The third kappa shape index (κ3) is 5.33. The van der Waals surface area contributed by atoms with Crippen LogP contribution in [0.15, 0.2) is 48.5 Å². The highest BCUT2D eigenvalue weighted by Crippen LogP contribution is 2.32. The molecule has 7 heteroatoms. The maximum Gasteiger partial charge on any atom is 0.573 e. The molecule has 1 saturated heterocycles. The Kier molecular flexibility index (Phi) is 6.13. The molecule has 0 unspecified atom stereocenters. The van der Waals surface area contributed by atoms with Gasteiger partial charge >= 0.3 is 6.36 Å². The highest BCUT2D eigenvalue weighted by atomic mass is 19.4. The van der Waals surface area contributed by atoms with Gasteiger partial charge in [0.2, 0.25) is 5.91 Å². The van der Waals surface area contributed by atoms with Crippen LogP contribution in [0.4, 0.5) is 13.2 Å². The first kappa shape index (κ1) is 22.2. The van der Waals surface area contributed by atoms with Gasteiger partial charge in [-0.15, -0.1) is 13.2 Å². The third-order valence-corrected chi connectivity index (χ3v) is 5.29. The molecule has 3 rings (SSSR count). The number of alkyl halides is 3. The van der Waals surface area contributed by atoms with Crippen LogP contribution >= 0.6 is 0 Å². The van der Waals surface area contributed by atoms with E-state index in [9.17, 15) is 18.0 Å².